The molecule has 0 unspecified atom stereocenters. The average molecular weight is 357 g/mol. The maximum Gasteiger partial charge on any atom is 0.147 e. The Hall–Kier alpha value is -0.530. The van der Waals surface area contributed by atoms with Crippen molar-refractivity contribution in [1.82, 2.24) is 15.5 Å². The van der Waals surface area contributed by atoms with Crippen LogP contribution in [0.15, 0.2) is 24.3 Å². The van der Waals surface area contributed by atoms with Crippen molar-refractivity contribution in [1.29, 1.82) is 0 Å². The van der Waals surface area contributed by atoms with E-state index >= 15 is 0 Å². The summed E-state index contributed by atoms with van der Waals surface area (Å²) in [6, 6.07) is 9.08. The molecule has 0 spiro atoms. The third-order valence-electron chi connectivity index (χ3n) is 2.66. The Labute approximate surface area is 118 Å². The summed E-state index contributed by atoms with van der Waals surface area (Å²) in [5.74, 6) is 0. The topological polar surface area (TPSA) is 37.8 Å². The molecule has 1 saturated carbocycles. The number of benzene rings is 1. The lowest BCUT2D eigenvalue weighted by atomic mass is 10.2. The van der Waals surface area contributed by atoms with Crippen LogP contribution in [0.1, 0.15) is 17.8 Å². The monoisotopic (exact) mass is 357 g/mol. The summed E-state index contributed by atoms with van der Waals surface area (Å²) in [6.07, 6.45) is 2.62. The predicted molar refractivity (Wildman–Crippen MR) is 77.9 cm³/mol. The zero-order chi connectivity index (χ0) is 11.7. The first kappa shape index (κ1) is 11.6. The second kappa shape index (κ2) is 4.99. The van der Waals surface area contributed by atoms with Gasteiger partial charge in [0.25, 0.3) is 0 Å². The van der Waals surface area contributed by atoms with E-state index in [0.29, 0.717) is 0 Å². The number of rotatable bonds is 4. The van der Waals surface area contributed by atoms with Crippen LogP contribution < -0.4 is 5.32 Å². The Morgan fingerprint density at radius 3 is 3.00 bits per heavy atom. The summed E-state index contributed by atoms with van der Waals surface area (Å²) in [7, 11) is 0. The molecule has 3 rings (SSSR count). The largest absolute Gasteiger partial charge is 0.308 e. The van der Waals surface area contributed by atoms with Gasteiger partial charge in [0.2, 0.25) is 0 Å². The van der Waals surface area contributed by atoms with Gasteiger partial charge < -0.3 is 5.32 Å². The molecule has 1 aromatic heterocycles. The van der Waals surface area contributed by atoms with Gasteiger partial charge in [-0.2, -0.15) is 0 Å². The minimum Gasteiger partial charge on any atom is -0.308 e. The van der Waals surface area contributed by atoms with E-state index in [1.54, 1.807) is 11.3 Å². The fourth-order valence-electron chi connectivity index (χ4n) is 1.58. The minimum absolute atomic E-state index is 0.722. The van der Waals surface area contributed by atoms with E-state index in [-0.39, 0.29) is 0 Å². The summed E-state index contributed by atoms with van der Waals surface area (Å²) >= 11 is 3.99. The zero-order valence-corrected chi connectivity index (χ0v) is 12.2. The fourth-order valence-corrected chi connectivity index (χ4v) is 2.91. The smallest absolute Gasteiger partial charge is 0.147 e. The molecule has 5 heteroatoms. The van der Waals surface area contributed by atoms with Gasteiger partial charge in [0.05, 0.1) is 0 Å². The normalized spacial score (nSPS) is 15.1. The molecule has 0 saturated heterocycles. The SMILES string of the molecule is Ic1cccc(-c2nnc(CNC3CC3)s2)c1. The third-order valence-corrected chi connectivity index (χ3v) is 4.30. The first-order chi connectivity index (χ1) is 8.31. The summed E-state index contributed by atoms with van der Waals surface area (Å²) in [5.41, 5.74) is 1.16. The molecule has 1 fully saturated rings. The lowest BCUT2D eigenvalue weighted by Gasteiger charge is -1.96. The zero-order valence-electron chi connectivity index (χ0n) is 9.19. The molecule has 17 heavy (non-hydrogen) atoms. The van der Waals surface area contributed by atoms with Crippen LogP contribution in [-0.2, 0) is 6.54 Å². The van der Waals surface area contributed by atoms with E-state index in [1.807, 2.05) is 0 Å². The quantitative estimate of drug-likeness (QED) is 0.855. The first-order valence-electron chi connectivity index (χ1n) is 5.63. The highest BCUT2D eigenvalue weighted by Gasteiger charge is 2.20. The number of nitrogens with zero attached hydrogens (tertiary/aromatic N) is 2. The predicted octanol–water partition coefficient (Wildman–Crippen LogP) is 3.06. The Balaban J connectivity index is 1.74. The molecule has 1 heterocycles. The Kier molecular flexibility index (Phi) is 3.39. The van der Waals surface area contributed by atoms with Gasteiger partial charge in [0, 0.05) is 21.7 Å². The van der Waals surface area contributed by atoms with Gasteiger partial charge in [-0.05, 0) is 47.6 Å². The van der Waals surface area contributed by atoms with E-state index in [0.717, 1.165) is 28.2 Å². The van der Waals surface area contributed by atoms with Crippen LogP contribution in [0.4, 0.5) is 0 Å². The highest BCUT2D eigenvalue weighted by molar-refractivity contribution is 14.1. The van der Waals surface area contributed by atoms with Gasteiger partial charge >= 0.3 is 0 Å². The second-order valence-electron chi connectivity index (χ2n) is 4.17. The molecular formula is C12H12IN3S. The van der Waals surface area contributed by atoms with Crippen molar-refractivity contribution in [3.63, 3.8) is 0 Å². The lowest BCUT2D eigenvalue weighted by molar-refractivity contribution is 0.679. The number of aromatic nitrogens is 2. The van der Waals surface area contributed by atoms with Crippen LogP contribution in [0.3, 0.4) is 0 Å². The van der Waals surface area contributed by atoms with Gasteiger partial charge in [-0.25, -0.2) is 0 Å². The molecule has 1 aromatic carbocycles. The van der Waals surface area contributed by atoms with Crippen molar-refractivity contribution in [3.8, 4) is 10.6 Å². The summed E-state index contributed by atoms with van der Waals surface area (Å²) < 4.78 is 1.23. The molecule has 3 nitrogen and oxygen atoms in total. The molecule has 1 N–H and O–H groups in total. The van der Waals surface area contributed by atoms with Crippen molar-refractivity contribution in [3.05, 3.63) is 32.8 Å². The fraction of sp³-hybridized carbons (Fsp3) is 0.333. The highest BCUT2D eigenvalue weighted by atomic mass is 127. The van der Waals surface area contributed by atoms with Crippen molar-refractivity contribution in [2.45, 2.75) is 25.4 Å². The van der Waals surface area contributed by atoms with Gasteiger partial charge in [-0.15, -0.1) is 10.2 Å². The number of hydrogen-bond donors (Lipinski definition) is 1. The molecule has 2 aromatic rings. The molecular weight excluding hydrogens is 345 g/mol. The van der Waals surface area contributed by atoms with Gasteiger partial charge in [-0.3, -0.25) is 0 Å². The number of nitrogens with one attached hydrogen (secondary N) is 1. The van der Waals surface area contributed by atoms with Crippen LogP contribution in [0.2, 0.25) is 0 Å². The van der Waals surface area contributed by atoms with Crippen molar-refractivity contribution in [2.24, 2.45) is 0 Å². The van der Waals surface area contributed by atoms with Crippen molar-refractivity contribution >= 4 is 33.9 Å². The van der Waals surface area contributed by atoms with Crippen molar-refractivity contribution < 1.29 is 0 Å². The van der Waals surface area contributed by atoms with Crippen LogP contribution in [0, 0.1) is 3.57 Å². The molecule has 0 aliphatic heterocycles. The maximum atomic E-state index is 4.25. The second-order valence-corrected chi connectivity index (χ2v) is 6.47. The maximum absolute atomic E-state index is 4.25. The summed E-state index contributed by atoms with van der Waals surface area (Å²) in [6.45, 7) is 0.853. The summed E-state index contributed by atoms with van der Waals surface area (Å²) in [4.78, 5) is 0. The first-order valence-corrected chi connectivity index (χ1v) is 7.52. The van der Waals surface area contributed by atoms with Crippen molar-refractivity contribution in [2.75, 3.05) is 0 Å². The van der Waals surface area contributed by atoms with E-state index < -0.39 is 0 Å². The van der Waals surface area contributed by atoms with E-state index in [4.69, 9.17) is 0 Å². The van der Waals surface area contributed by atoms with Gasteiger partial charge in [-0.1, -0.05) is 23.5 Å². The molecule has 88 valence electrons. The van der Waals surface area contributed by atoms with Crippen LogP contribution in [0.25, 0.3) is 10.6 Å². The van der Waals surface area contributed by atoms with Gasteiger partial charge in [0.15, 0.2) is 0 Å². The van der Waals surface area contributed by atoms with E-state index in [2.05, 4.69) is 62.4 Å². The third kappa shape index (κ3) is 3.02. The molecule has 0 bridgehead atoms. The Morgan fingerprint density at radius 2 is 2.24 bits per heavy atom. The van der Waals surface area contributed by atoms with Crippen LogP contribution in [-0.4, -0.2) is 16.2 Å². The highest BCUT2D eigenvalue weighted by Crippen LogP contribution is 2.25. The van der Waals surface area contributed by atoms with E-state index in [9.17, 15) is 0 Å². The Morgan fingerprint density at radius 1 is 1.35 bits per heavy atom. The molecule has 0 radical (unpaired) electrons. The molecule has 1 aliphatic carbocycles. The minimum atomic E-state index is 0.722. The molecule has 0 amide bonds. The number of hydrogen-bond acceptors (Lipinski definition) is 4. The number of halogens is 1. The van der Waals surface area contributed by atoms with E-state index in [1.165, 1.54) is 16.4 Å². The standard InChI is InChI=1S/C12H12IN3S/c13-9-3-1-2-8(6-9)12-16-15-11(17-12)7-14-10-4-5-10/h1-3,6,10,14H,4-5,7H2. The van der Waals surface area contributed by atoms with Gasteiger partial charge in [0.1, 0.15) is 10.0 Å². The average Bonchev–Trinajstić information content (AvgIpc) is 3.04. The summed E-state index contributed by atoms with van der Waals surface area (Å²) in [5, 5.41) is 14.0. The van der Waals surface area contributed by atoms with Crippen LogP contribution in [0.5, 0.6) is 0 Å². The lowest BCUT2D eigenvalue weighted by Crippen LogP contribution is -2.14. The van der Waals surface area contributed by atoms with Crippen LogP contribution >= 0.6 is 33.9 Å². The molecule has 1 aliphatic rings. The Bertz CT molecular complexity index is 522. The molecule has 0 atom stereocenters.